The number of hydrogen-bond donors (Lipinski definition) is 1. The van der Waals surface area contributed by atoms with Crippen molar-refractivity contribution >= 4 is 40.5 Å². The van der Waals surface area contributed by atoms with Crippen molar-refractivity contribution in [3.05, 3.63) is 77.1 Å². The maximum absolute atomic E-state index is 12.6. The highest BCUT2D eigenvalue weighted by atomic mass is 16.7. The van der Waals surface area contributed by atoms with Crippen LogP contribution in [0.5, 0.6) is 0 Å². The van der Waals surface area contributed by atoms with Gasteiger partial charge >= 0.3 is 0 Å². The molecule has 0 unspecified atom stereocenters. The average molecular weight is 497 g/mol. The first-order valence-corrected chi connectivity index (χ1v) is 12.0. The molecule has 2 amide bonds. The Bertz CT molecular complexity index is 1560. The molecule has 10 nitrogen and oxygen atoms in total. The van der Waals surface area contributed by atoms with E-state index in [1.165, 1.54) is 0 Å². The summed E-state index contributed by atoms with van der Waals surface area (Å²) in [6, 6.07) is 14.2. The third kappa shape index (κ3) is 4.05. The molecule has 0 radical (unpaired) electrons. The first kappa shape index (κ1) is 23.0. The Morgan fingerprint density at radius 2 is 1.62 bits per heavy atom. The molecule has 0 spiro atoms. The summed E-state index contributed by atoms with van der Waals surface area (Å²) in [6.07, 6.45) is 2.72. The number of carbonyl (C=O) groups is 3. The monoisotopic (exact) mass is 496 g/mol. The number of hydroxylamine groups is 2. The largest absolute Gasteiger partial charge is 0.307 e. The molecule has 1 aliphatic heterocycles. The predicted octanol–water partition coefficient (Wildman–Crippen LogP) is 3.95. The second-order valence-electron chi connectivity index (χ2n) is 9.98. The van der Waals surface area contributed by atoms with Crippen LogP contribution in [-0.4, -0.2) is 48.8 Å². The van der Waals surface area contributed by atoms with Gasteiger partial charge in [0.2, 0.25) is 11.9 Å². The van der Waals surface area contributed by atoms with E-state index in [0.29, 0.717) is 48.0 Å². The molecule has 4 aromatic rings. The maximum Gasteiger partial charge on any atom is 0.285 e. The molecule has 2 aliphatic rings. The summed E-state index contributed by atoms with van der Waals surface area (Å²) < 4.78 is 1.88. The highest BCUT2D eigenvalue weighted by Gasteiger charge is 2.36. The maximum atomic E-state index is 12.6. The van der Waals surface area contributed by atoms with Gasteiger partial charge in [0.1, 0.15) is 0 Å². The predicted molar refractivity (Wildman–Crippen MR) is 134 cm³/mol. The molecule has 1 aliphatic carbocycles. The van der Waals surface area contributed by atoms with Crippen LogP contribution in [0, 0.1) is 5.41 Å². The molecule has 2 aromatic heterocycles. The molecule has 0 saturated carbocycles. The van der Waals surface area contributed by atoms with Gasteiger partial charge in [-0.05, 0) is 36.1 Å². The van der Waals surface area contributed by atoms with E-state index >= 15 is 0 Å². The number of aromatic nitrogens is 4. The first-order valence-electron chi connectivity index (χ1n) is 12.0. The molecule has 37 heavy (non-hydrogen) atoms. The van der Waals surface area contributed by atoms with Crippen molar-refractivity contribution in [2.45, 2.75) is 33.2 Å². The molecule has 0 saturated heterocycles. The number of Topliss-reactive ketones (excluding diaryl/α,β-unsaturated/α-hetero) is 1. The quantitative estimate of drug-likeness (QED) is 0.399. The van der Waals surface area contributed by atoms with E-state index in [1.807, 2.05) is 28.8 Å². The molecular formula is C27H24N6O4. The Labute approximate surface area is 212 Å². The van der Waals surface area contributed by atoms with Gasteiger partial charge < -0.3 is 4.57 Å². The lowest BCUT2D eigenvalue weighted by Gasteiger charge is -2.29. The van der Waals surface area contributed by atoms with E-state index < -0.39 is 11.8 Å². The third-order valence-corrected chi connectivity index (χ3v) is 6.62. The van der Waals surface area contributed by atoms with Crippen LogP contribution in [0.15, 0.2) is 54.7 Å². The van der Waals surface area contributed by atoms with E-state index in [0.717, 1.165) is 21.8 Å². The van der Waals surface area contributed by atoms with Crippen molar-refractivity contribution in [3.63, 3.8) is 0 Å². The number of ketones is 1. The lowest BCUT2D eigenvalue weighted by atomic mass is 9.76. The molecular weight excluding hydrogens is 472 g/mol. The Morgan fingerprint density at radius 1 is 0.919 bits per heavy atom. The molecule has 1 N–H and O–H groups in total. The molecule has 3 heterocycles. The van der Waals surface area contributed by atoms with Gasteiger partial charge in [-0.2, -0.15) is 0 Å². The van der Waals surface area contributed by atoms with Gasteiger partial charge in [0.05, 0.1) is 46.6 Å². The summed E-state index contributed by atoms with van der Waals surface area (Å²) in [6.45, 7) is 4.45. The van der Waals surface area contributed by atoms with Crippen molar-refractivity contribution in [1.29, 1.82) is 0 Å². The van der Waals surface area contributed by atoms with Gasteiger partial charge in [0.25, 0.3) is 11.8 Å². The van der Waals surface area contributed by atoms with Crippen LogP contribution in [0.25, 0.3) is 11.0 Å². The first-order chi connectivity index (χ1) is 17.8. The third-order valence-electron chi connectivity index (χ3n) is 6.62. The van der Waals surface area contributed by atoms with Crippen LogP contribution in [0.3, 0.4) is 0 Å². The van der Waals surface area contributed by atoms with E-state index in [9.17, 15) is 14.4 Å². The number of nitrogens with zero attached hydrogens (tertiary/aromatic N) is 5. The van der Waals surface area contributed by atoms with Gasteiger partial charge in [0, 0.05) is 12.6 Å². The van der Waals surface area contributed by atoms with Crippen molar-refractivity contribution in [3.8, 4) is 0 Å². The second kappa shape index (κ2) is 8.59. The highest BCUT2D eigenvalue weighted by Crippen LogP contribution is 2.34. The van der Waals surface area contributed by atoms with Crippen LogP contribution in [0.2, 0.25) is 0 Å². The van der Waals surface area contributed by atoms with Crippen molar-refractivity contribution in [2.75, 3.05) is 11.9 Å². The van der Waals surface area contributed by atoms with Crippen molar-refractivity contribution in [2.24, 2.45) is 5.41 Å². The number of para-hydroxylation sites is 2. The topological polar surface area (TPSA) is 119 Å². The zero-order chi connectivity index (χ0) is 25.7. The van der Waals surface area contributed by atoms with E-state index in [2.05, 4.69) is 34.1 Å². The summed E-state index contributed by atoms with van der Waals surface area (Å²) in [5, 5.41) is 3.99. The fraction of sp³-hybridized carbons (Fsp3) is 0.259. The van der Waals surface area contributed by atoms with Crippen LogP contribution in [0.4, 0.5) is 11.9 Å². The molecule has 10 heteroatoms. The van der Waals surface area contributed by atoms with Gasteiger partial charge in [0.15, 0.2) is 5.78 Å². The molecule has 186 valence electrons. The van der Waals surface area contributed by atoms with E-state index in [4.69, 9.17) is 4.84 Å². The smallest absolute Gasteiger partial charge is 0.285 e. The number of hydrogen-bond acceptors (Lipinski definition) is 8. The molecule has 6 rings (SSSR count). The zero-order valence-electron chi connectivity index (χ0n) is 20.4. The average Bonchev–Trinajstić information content (AvgIpc) is 3.33. The fourth-order valence-electron chi connectivity index (χ4n) is 4.90. The second-order valence-corrected chi connectivity index (χ2v) is 9.98. The van der Waals surface area contributed by atoms with Gasteiger partial charge in [-0.1, -0.05) is 38.1 Å². The SMILES string of the molecule is CC1(C)CC(=O)c2cnc(Nc3nc4ccccc4n3CCON3C(=O)c4ccccc4C3=O)nc2C1. The summed E-state index contributed by atoms with van der Waals surface area (Å²) in [4.78, 5) is 57.0. The van der Waals surface area contributed by atoms with E-state index in [1.54, 1.807) is 30.5 Å². The summed E-state index contributed by atoms with van der Waals surface area (Å²) in [5.74, 6) is -0.0883. The van der Waals surface area contributed by atoms with Crippen LogP contribution in [0.1, 0.15) is 57.0 Å². The number of fused-ring (bicyclic) bond motifs is 3. The molecule has 0 atom stereocenters. The zero-order valence-corrected chi connectivity index (χ0v) is 20.4. The molecule has 0 bridgehead atoms. The lowest BCUT2D eigenvalue weighted by Crippen LogP contribution is -2.31. The lowest BCUT2D eigenvalue weighted by molar-refractivity contribution is -0.0932. The number of nitrogens with one attached hydrogen (secondary N) is 1. The van der Waals surface area contributed by atoms with Gasteiger partial charge in [-0.15, -0.1) is 5.06 Å². The normalized spacial score (nSPS) is 16.3. The van der Waals surface area contributed by atoms with Gasteiger partial charge in [-0.3, -0.25) is 24.5 Å². The van der Waals surface area contributed by atoms with Crippen molar-refractivity contribution < 1.29 is 19.2 Å². The van der Waals surface area contributed by atoms with Crippen LogP contribution < -0.4 is 5.32 Å². The number of rotatable bonds is 6. The Balaban J connectivity index is 1.24. The highest BCUT2D eigenvalue weighted by molar-refractivity contribution is 6.20. The number of anilines is 2. The Kier molecular flexibility index (Phi) is 5.34. The van der Waals surface area contributed by atoms with E-state index in [-0.39, 0.29) is 17.8 Å². The minimum Gasteiger partial charge on any atom is -0.307 e. The number of amides is 2. The molecule has 2 aromatic carbocycles. The minimum atomic E-state index is -0.477. The minimum absolute atomic E-state index is 0.0498. The van der Waals surface area contributed by atoms with Crippen LogP contribution >= 0.6 is 0 Å². The summed E-state index contributed by atoms with van der Waals surface area (Å²) in [7, 11) is 0. The summed E-state index contributed by atoms with van der Waals surface area (Å²) in [5.41, 5.74) is 3.36. The standard InChI is InChI=1S/C27H24N6O4/c1-27(2)13-20-18(22(34)14-27)15-28-25(29-20)31-26-30-19-9-5-6-10-21(19)32(26)11-12-37-33-23(35)16-7-3-4-8-17(16)24(33)36/h3-10,15H,11-14H2,1-2H3,(H,28,29,30,31). The number of imidazole rings is 1. The number of benzene rings is 2. The van der Waals surface area contributed by atoms with Gasteiger partial charge in [-0.25, -0.2) is 15.0 Å². The fourth-order valence-corrected chi connectivity index (χ4v) is 4.90. The summed E-state index contributed by atoms with van der Waals surface area (Å²) >= 11 is 0. The number of imide groups is 1. The van der Waals surface area contributed by atoms with Crippen LogP contribution in [-0.2, 0) is 17.8 Å². The van der Waals surface area contributed by atoms with Crippen molar-refractivity contribution in [1.82, 2.24) is 24.6 Å². The number of carbonyl (C=O) groups excluding carboxylic acids is 3. The molecule has 0 fully saturated rings. The Morgan fingerprint density at radius 3 is 2.38 bits per heavy atom. The Hall–Kier alpha value is -4.44.